The molecule has 4 nitrogen and oxygen atoms in total. The molecule has 0 spiro atoms. The van der Waals surface area contributed by atoms with Gasteiger partial charge < -0.3 is 20.4 Å². The maximum Gasteiger partial charge on any atom is 0.0804 e. The molecule has 0 radical (unpaired) electrons. The first-order chi connectivity index (χ1) is 11.8. The van der Waals surface area contributed by atoms with Crippen LogP contribution in [0.5, 0.6) is 0 Å². The van der Waals surface area contributed by atoms with Gasteiger partial charge in [-0.05, 0) is 73.8 Å². The molecule has 0 bridgehead atoms. The molecule has 6 atom stereocenters. The summed E-state index contributed by atoms with van der Waals surface area (Å²) in [6.45, 7) is 4.05. The second-order valence-corrected chi connectivity index (χ2v) is 8.47. The lowest BCUT2D eigenvalue weighted by Crippen LogP contribution is -2.42. The van der Waals surface area contributed by atoms with Crippen molar-refractivity contribution in [1.29, 1.82) is 0 Å². The molecular weight excluding hydrogens is 316 g/mol. The first-order valence-corrected chi connectivity index (χ1v) is 9.58. The van der Waals surface area contributed by atoms with Gasteiger partial charge in [0, 0.05) is 0 Å². The molecule has 0 amide bonds. The summed E-state index contributed by atoms with van der Waals surface area (Å²) in [7, 11) is 0. The van der Waals surface area contributed by atoms with Gasteiger partial charge in [0.1, 0.15) is 0 Å². The maximum atomic E-state index is 10.4. The van der Waals surface area contributed by atoms with Crippen LogP contribution in [0, 0.1) is 17.3 Å². The quantitative estimate of drug-likeness (QED) is 0.629. The minimum absolute atomic E-state index is 0.0201. The van der Waals surface area contributed by atoms with Crippen molar-refractivity contribution in [3.05, 3.63) is 34.9 Å². The van der Waals surface area contributed by atoms with Gasteiger partial charge in [-0.15, -0.1) is 0 Å². The molecule has 1 saturated carbocycles. The summed E-state index contributed by atoms with van der Waals surface area (Å²) in [6.07, 6.45) is 9.64. The van der Waals surface area contributed by atoms with Gasteiger partial charge in [0.05, 0.1) is 24.9 Å². The van der Waals surface area contributed by atoms with Gasteiger partial charge in [-0.2, -0.15) is 0 Å². The molecule has 0 unspecified atom stereocenters. The van der Waals surface area contributed by atoms with E-state index in [1.165, 1.54) is 11.1 Å². The summed E-state index contributed by atoms with van der Waals surface area (Å²) >= 11 is 0. The molecule has 0 aromatic carbocycles. The Balaban J connectivity index is 1.84. The number of fused-ring (bicyclic) bond motifs is 1. The van der Waals surface area contributed by atoms with Crippen LogP contribution in [-0.2, 0) is 0 Å². The molecule has 0 saturated heterocycles. The lowest BCUT2D eigenvalue weighted by Gasteiger charge is -2.43. The maximum absolute atomic E-state index is 10.4. The fraction of sp³-hybridized carbons (Fsp3) is 0.714. The highest BCUT2D eigenvalue weighted by Gasteiger charge is 2.52. The Hall–Kier alpha value is -0.940. The predicted molar refractivity (Wildman–Crippen MR) is 97.8 cm³/mol. The van der Waals surface area contributed by atoms with Crippen molar-refractivity contribution < 1.29 is 20.4 Å². The van der Waals surface area contributed by atoms with Crippen LogP contribution in [0.1, 0.15) is 52.4 Å². The van der Waals surface area contributed by atoms with E-state index >= 15 is 0 Å². The van der Waals surface area contributed by atoms with E-state index in [0.717, 1.165) is 31.3 Å². The number of hydrogen-bond donors (Lipinski definition) is 4. The molecule has 3 aliphatic rings. The van der Waals surface area contributed by atoms with Gasteiger partial charge in [0.2, 0.25) is 0 Å². The molecule has 0 aromatic rings. The third kappa shape index (κ3) is 3.63. The van der Waals surface area contributed by atoms with Crippen molar-refractivity contribution in [1.82, 2.24) is 0 Å². The number of hydrogen-bond acceptors (Lipinski definition) is 4. The van der Waals surface area contributed by atoms with Crippen LogP contribution in [-0.4, -0.2) is 45.3 Å². The summed E-state index contributed by atoms with van der Waals surface area (Å²) in [5.41, 5.74) is 3.48. The molecule has 0 aromatic heterocycles. The summed E-state index contributed by atoms with van der Waals surface area (Å²) in [4.78, 5) is 0. The van der Waals surface area contributed by atoms with Crippen molar-refractivity contribution in [2.75, 3.05) is 6.61 Å². The molecule has 3 aliphatic carbocycles. The van der Waals surface area contributed by atoms with Crippen molar-refractivity contribution in [2.24, 2.45) is 17.3 Å². The lowest BCUT2D eigenvalue weighted by molar-refractivity contribution is -0.0237. The van der Waals surface area contributed by atoms with E-state index in [1.807, 2.05) is 6.08 Å². The number of aliphatic hydroxyl groups excluding tert-OH is 4. The zero-order valence-corrected chi connectivity index (χ0v) is 15.4. The highest BCUT2D eigenvalue weighted by molar-refractivity contribution is 5.37. The Bertz CT molecular complexity index is 591. The van der Waals surface area contributed by atoms with Crippen LogP contribution in [0.2, 0.25) is 0 Å². The van der Waals surface area contributed by atoms with Gasteiger partial charge in [-0.1, -0.05) is 30.7 Å². The van der Waals surface area contributed by atoms with Crippen molar-refractivity contribution in [3.63, 3.8) is 0 Å². The van der Waals surface area contributed by atoms with Crippen LogP contribution in [0.4, 0.5) is 0 Å². The molecular formula is C21H32O4. The standard InChI is InChI=1S/C21H32O4/c1-13-3-6-16(23)9-14(13)4-5-15-10-17(24)11-21(2)18(15)7-8-19(21)20(25)12-22/h4-5,10,16-20,22-25H,3,6-9,11-12H2,1-2H3/b5-4+/t16-,17+,18+,19-,20+,21+/m1/s1. The summed E-state index contributed by atoms with van der Waals surface area (Å²) in [5.74, 6) is 0.319. The van der Waals surface area contributed by atoms with Gasteiger partial charge >= 0.3 is 0 Å². The van der Waals surface area contributed by atoms with Crippen molar-refractivity contribution in [3.8, 4) is 0 Å². The molecule has 25 heavy (non-hydrogen) atoms. The van der Waals surface area contributed by atoms with Crippen molar-refractivity contribution >= 4 is 0 Å². The highest BCUT2D eigenvalue weighted by Crippen LogP contribution is 2.57. The molecule has 3 rings (SSSR count). The van der Waals surface area contributed by atoms with Gasteiger partial charge in [0.25, 0.3) is 0 Å². The number of aliphatic hydroxyl groups is 4. The van der Waals surface area contributed by atoms with Crippen LogP contribution in [0.25, 0.3) is 0 Å². The summed E-state index contributed by atoms with van der Waals surface area (Å²) in [5, 5.41) is 39.9. The Morgan fingerprint density at radius 3 is 2.72 bits per heavy atom. The van der Waals surface area contributed by atoms with E-state index in [2.05, 4.69) is 26.0 Å². The van der Waals surface area contributed by atoms with E-state index in [1.54, 1.807) is 0 Å². The van der Waals surface area contributed by atoms with E-state index in [4.69, 9.17) is 0 Å². The molecule has 0 heterocycles. The van der Waals surface area contributed by atoms with E-state index in [9.17, 15) is 20.4 Å². The molecule has 140 valence electrons. The largest absolute Gasteiger partial charge is 0.394 e. The van der Waals surface area contributed by atoms with E-state index in [0.29, 0.717) is 18.8 Å². The number of allylic oxidation sites excluding steroid dienone is 4. The second-order valence-electron chi connectivity index (χ2n) is 8.47. The Kier molecular flexibility index (Phi) is 5.54. The SMILES string of the molecule is CC1=C(/C=C/C2=C[C@H](O)C[C@]3(C)[C@@H]([C@@H](O)CO)CC[C@@H]23)C[C@H](O)CC1. The first-order valence-electron chi connectivity index (χ1n) is 9.58. The Labute approximate surface area is 150 Å². The van der Waals surface area contributed by atoms with Crippen molar-refractivity contribution in [2.45, 2.75) is 70.7 Å². The third-order valence-electron chi connectivity index (χ3n) is 6.83. The summed E-state index contributed by atoms with van der Waals surface area (Å²) in [6, 6.07) is 0. The monoisotopic (exact) mass is 348 g/mol. The third-order valence-corrected chi connectivity index (χ3v) is 6.83. The first kappa shape index (κ1) is 18.8. The normalized spacial score (nSPS) is 40.3. The molecule has 4 N–H and O–H groups in total. The number of rotatable bonds is 4. The highest BCUT2D eigenvalue weighted by atomic mass is 16.3. The molecule has 1 fully saturated rings. The Morgan fingerprint density at radius 1 is 1.24 bits per heavy atom. The predicted octanol–water partition coefficient (Wildman–Crippen LogP) is 2.48. The van der Waals surface area contributed by atoms with Gasteiger partial charge in [-0.3, -0.25) is 0 Å². The smallest absolute Gasteiger partial charge is 0.0804 e. The fourth-order valence-electron chi connectivity index (χ4n) is 5.36. The average molecular weight is 348 g/mol. The second kappa shape index (κ2) is 7.36. The zero-order chi connectivity index (χ0) is 18.2. The van der Waals surface area contributed by atoms with E-state index in [-0.39, 0.29) is 24.0 Å². The minimum atomic E-state index is -0.719. The Morgan fingerprint density at radius 2 is 2.00 bits per heavy atom. The van der Waals surface area contributed by atoms with Crippen LogP contribution in [0.3, 0.4) is 0 Å². The van der Waals surface area contributed by atoms with E-state index < -0.39 is 12.2 Å². The van der Waals surface area contributed by atoms with Gasteiger partial charge in [0.15, 0.2) is 0 Å². The molecule has 0 aliphatic heterocycles. The fourth-order valence-corrected chi connectivity index (χ4v) is 5.36. The topological polar surface area (TPSA) is 80.9 Å². The average Bonchev–Trinajstić information content (AvgIpc) is 2.91. The zero-order valence-electron chi connectivity index (χ0n) is 15.4. The van der Waals surface area contributed by atoms with Gasteiger partial charge in [-0.25, -0.2) is 0 Å². The van der Waals surface area contributed by atoms with Crippen LogP contribution in [0.15, 0.2) is 34.9 Å². The lowest BCUT2D eigenvalue weighted by atomic mass is 9.63. The van der Waals surface area contributed by atoms with Crippen LogP contribution >= 0.6 is 0 Å². The molecule has 4 heteroatoms. The minimum Gasteiger partial charge on any atom is -0.394 e. The van der Waals surface area contributed by atoms with Crippen LogP contribution < -0.4 is 0 Å². The summed E-state index contributed by atoms with van der Waals surface area (Å²) < 4.78 is 0.